The third kappa shape index (κ3) is 7.59. The number of ketones is 1. The largest absolute Gasteiger partial charge is 0.490 e. The number of nitrogens with zero attached hydrogens (tertiary/aromatic N) is 2. The smallest absolute Gasteiger partial charge is 0.358 e. The van der Waals surface area contributed by atoms with Crippen LogP contribution in [0.4, 0.5) is 0 Å². The molecule has 0 aliphatic heterocycles. The fraction of sp³-hybridized carbons (Fsp3) is 0.270. The van der Waals surface area contributed by atoms with Crippen molar-refractivity contribution in [1.82, 2.24) is 9.78 Å². The van der Waals surface area contributed by atoms with E-state index in [4.69, 9.17) is 18.9 Å². The Labute approximate surface area is 263 Å². The fourth-order valence-electron chi connectivity index (χ4n) is 5.17. The first-order valence-electron chi connectivity index (χ1n) is 15.4. The van der Waals surface area contributed by atoms with Crippen molar-refractivity contribution in [3.05, 3.63) is 114 Å². The fourth-order valence-corrected chi connectivity index (χ4v) is 5.17. The van der Waals surface area contributed by atoms with Crippen LogP contribution in [-0.4, -0.2) is 48.0 Å². The Hall–Kier alpha value is -4.95. The van der Waals surface area contributed by atoms with E-state index < -0.39 is 12.2 Å². The Kier molecular flexibility index (Phi) is 10.6. The Bertz CT molecular complexity index is 1730. The normalized spacial score (nSPS) is 11.7. The van der Waals surface area contributed by atoms with Crippen molar-refractivity contribution in [3.63, 3.8) is 0 Å². The van der Waals surface area contributed by atoms with E-state index in [-0.39, 0.29) is 12.4 Å². The Morgan fingerprint density at radius 3 is 2.24 bits per heavy atom. The third-order valence-electron chi connectivity index (χ3n) is 7.31. The van der Waals surface area contributed by atoms with E-state index in [9.17, 15) is 9.59 Å². The summed E-state index contributed by atoms with van der Waals surface area (Å²) in [7, 11) is 0. The molecule has 0 N–H and O–H groups in total. The Morgan fingerprint density at radius 2 is 1.51 bits per heavy atom. The molecular formula is C37H38N2O6. The van der Waals surface area contributed by atoms with Gasteiger partial charge in [-0.2, -0.15) is 5.10 Å². The number of esters is 1. The summed E-state index contributed by atoms with van der Waals surface area (Å²) in [6.07, 6.45) is 2.43. The second-order valence-electron chi connectivity index (χ2n) is 10.4. The van der Waals surface area contributed by atoms with E-state index >= 15 is 0 Å². The summed E-state index contributed by atoms with van der Waals surface area (Å²) in [5.74, 6) is 0.895. The number of fused-ring (bicyclic) bond motifs is 1. The van der Waals surface area contributed by atoms with E-state index in [0.29, 0.717) is 36.7 Å². The molecule has 1 heterocycles. The minimum absolute atomic E-state index is 0.0182. The van der Waals surface area contributed by atoms with Crippen LogP contribution < -0.4 is 9.47 Å². The van der Waals surface area contributed by atoms with Crippen LogP contribution in [0.15, 0.2) is 97.2 Å². The average molecular weight is 607 g/mol. The predicted octanol–water partition coefficient (Wildman–Crippen LogP) is 7.44. The SMILES string of the molecule is CCCc1cc(C(=O)c2ccc(-c3ccccc3)cc2)ccc1OCCOc1ccc2c(cnn2C(OCC)C(=O)OCC)c1. The summed E-state index contributed by atoms with van der Waals surface area (Å²) in [6.45, 7) is 6.93. The Morgan fingerprint density at radius 1 is 0.778 bits per heavy atom. The van der Waals surface area contributed by atoms with Crippen molar-refractivity contribution in [2.45, 2.75) is 39.8 Å². The maximum absolute atomic E-state index is 13.3. The molecule has 8 nitrogen and oxygen atoms in total. The summed E-state index contributed by atoms with van der Waals surface area (Å²) < 4.78 is 24.3. The van der Waals surface area contributed by atoms with E-state index in [2.05, 4.69) is 24.2 Å². The lowest BCUT2D eigenvalue weighted by Crippen LogP contribution is -2.25. The van der Waals surface area contributed by atoms with E-state index in [1.807, 2.05) is 85.8 Å². The molecule has 0 bridgehead atoms. The van der Waals surface area contributed by atoms with Gasteiger partial charge in [-0.15, -0.1) is 0 Å². The molecule has 0 spiro atoms. The van der Waals surface area contributed by atoms with Crippen LogP contribution in [0.3, 0.4) is 0 Å². The first-order valence-corrected chi connectivity index (χ1v) is 15.4. The average Bonchev–Trinajstić information content (AvgIpc) is 3.49. The van der Waals surface area contributed by atoms with Gasteiger partial charge in [0.2, 0.25) is 6.23 Å². The molecule has 0 radical (unpaired) electrons. The van der Waals surface area contributed by atoms with Crippen LogP contribution >= 0.6 is 0 Å². The van der Waals surface area contributed by atoms with Crippen molar-refractivity contribution in [1.29, 1.82) is 0 Å². The van der Waals surface area contributed by atoms with Gasteiger partial charge in [0, 0.05) is 23.1 Å². The predicted molar refractivity (Wildman–Crippen MR) is 174 cm³/mol. The lowest BCUT2D eigenvalue weighted by molar-refractivity contribution is -0.163. The lowest BCUT2D eigenvalue weighted by atomic mass is 9.97. The molecule has 0 saturated carbocycles. The molecule has 5 rings (SSSR count). The minimum Gasteiger partial charge on any atom is -0.490 e. The quantitative estimate of drug-likeness (QED) is 0.0695. The van der Waals surface area contributed by atoms with Crippen LogP contribution in [0, 0.1) is 0 Å². The summed E-state index contributed by atoms with van der Waals surface area (Å²) in [6, 6.07) is 29.0. The molecule has 0 amide bonds. The van der Waals surface area contributed by atoms with Crippen molar-refractivity contribution >= 4 is 22.7 Å². The highest BCUT2D eigenvalue weighted by Gasteiger charge is 2.25. The van der Waals surface area contributed by atoms with Gasteiger partial charge in [0.05, 0.1) is 18.3 Å². The van der Waals surface area contributed by atoms with Crippen LogP contribution in [-0.2, 0) is 20.7 Å². The van der Waals surface area contributed by atoms with Crippen molar-refractivity contribution in [2.24, 2.45) is 0 Å². The van der Waals surface area contributed by atoms with Crippen LogP contribution in [0.2, 0.25) is 0 Å². The number of aryl methyl sites for hydroxylation is 1. The molecule has 45 heavy (non-hydrogen) atoms. The zero-order valence-electron chi connectivity index (χ0n) is 25.9. The van der Waals surface area contributed by atoms with Crippen LogP contribution in [0.1, 0.15) is 54.9 Å². The van der Waals surface area contributed by atoms with Gasteiger partial charge in [0.1, 0.15) is 24.7 Å². The molecular weight excluding hydrogens is 568 g/mol. The van der Waals surface area contributed by atoms with Crippen LogP contribution in [0.25, 0.3) is 22.0 Å². The molecule has 0 aliphatic carbocycles. The molecule has 1 atom stereocenters. The van der Waals surface area contributed by atoms with Crippen molar-refractivity contribution in [2.75, 3.05) is 26.4 Å². The van der Waals surface area contributed by atoms with Gasteiger partial charge in [0.15, 0.2) is 5.78 Å². The number of hydrogen-bond acceptors (Lipinski definition) is 7. The first kappa shape index (κ1) is 31.5. The third-order valence-corrected chi connectivity index (χ3v) is 7.31. The minimum atomic E-state index is -0.952. The number of carbonyl (C=O) groups is 2. The molecule has 232 valence electrons. The maximum atomic E-state index is 13.3. The van der Waals surface area contributed by atoms with Gasteiger partial charge in [-0.05, 0) is 73.4 Å². The van der Waals surface area contributed by atoms with Gasteiger partial charge < -0.3 is 18.9 Å². The molecule has 8 heteroatoms. The highest BCUT2D eigenvalue weighted by Crippen LogP contribution is 2.27. The monoisotopic (exact) mass is 606 g/mol. The van der Waals surface area contributed by atoms with Gasteiger partial charge in [-0.25, -0.2) is 9.48 Å². The Balaban J connectivity index is 1.20. The standard InChI is InChI=1S/C37H38N2O6/c1-4-10-29-23-30(35(40)28-15-13-27(14-16-28)26-11-8-7-9-12-26)17-20-34(29)45-22-21-44-32-18-19-33-31(24-32)25-38-39(33)36(42-5-2)37(41)43-6-3/h7-9,11-20,23-25,36H,4-6,10,21-22H2,1-3H3. The highest BCUT2D eigenvalue weighted by molar-refractivity contribution is 6.09. The molecule has 5 aromatic rings. The van der Waals surface area contributed by atoms with Crippen LogP contribution in [0.5, 0.6) is 11.5 Å². The highest BCUT2D eigenvalue weighted by atomic mass is 16.6. The van der Waals surface area contributed by atoms with E-state index in [1.165, 1.54) is 4.68 Å². The van der Waals surface area contributed by atoms with E-state index in [0.717, 1.165) is 46.2 Å². The topological polar surface area (TPSA) is 88.9 Å². The molecule has 0 fully saturated rings. The lowest BCUT2D eigenvalue weighted by Gasteiger charge is -2.17. The van der Waals surface area contributed by atoms with Gasteiger partial charge in [0.25, 0.3) is 0 Å². The molecule has 1 unspecified atom stereocenters. The molecule has 4 aromatic carbocycles. The second-order valence-corrected chi connectivity index (χ2v) is 10.4. The summed E-state index contributed by atoms with van der Waals surface area (Å²) in [5, 5.41) is 5.17. The zero-order chi connectivity index (χ0) is 31.6. The van der Waals surface area contributed by atoms with Gasteiger partial charge >= 0.3 is 5.97 Å². The second kappa shape index (κ2) is 15.2. The zero-order valence-corrected chi connectivity index (χ0v) is 25.9. The number of carbonyl (C=O) groups excluding carboxylic acids is 2. The van der Waals surface area contributed by atoms with Gasteiger partial charge in [-0.1, -0.05) is 67.9 Å². The summed E-state index contributed by atoms with van der Waals surface area (Å²) >= 11 is 0. The van der Waals surface area contributed by atoms with Crippen molar-refractivity contribution in [3.8, 4) is 22.6 Å². The van der Waals surface area contributed by atoms with E-state index in [1.54, 1.807) is 13.1 Å². The number of benzene rings is 4. The number of ether oxygens (including phenoxy) is 4. The van der Waals surface area contributed by atoms with Gasteiger partial charge in [-0.3, -0.25) is 4.79 Å². The maximum Gasteiger partial charge on any atom is 0.358 e. The number of hydrogen-bond donors (Lipinski definition) is 0. The molecule has 0 aliphatic rings. The first-order chi connectivity index (χ1) is 22.0. The molecule has 0 saturated heterocycles. The molecule has 1 aromatic heterocycles. The number of rotatable bonds is 15. The van der Waals surface area contributed by atoms with Crippen molar-refractivity contribution < 1.29 is 28.5 Å². The summed E-state index contributed by atoms with van der Waals surface area (Å²) in [4.78, 5) is 25.7. The number of aromatic nitrogens is 2. The summed E-state index contributed by atoms with van der Waals surface area (Å²) in [5.41, 5.74) is 5.20.